The van der Waals surface area contributed by atoms with Gasteiger partial charge in [-0.25, -0.2) is 4.79 Å². The average Bonchev–Trinajstić information content (AvgIpc) is 2.30. The van der Waals surface area contributed by atoms with E-state index < -0.39 is 5.82 Å². The maximum absolute atomic E-state index is 10.4. The van der Waals surface area contributed by atoms with Crippen molar-refractivity contribution in [3.8, 4) is 0 Å². The topological polar surface area (TPSA) is 43.4 Å². The molecule has 0 saturated carbocycles. The Labute approximate surface area is 66.5 Å². The smallest absolute Gasteiger partial charge is 0.394 e. The van der Waals surface area contributed by atoms with E-state index in [0.717, 1.165) is 0 Å². The summed E-state index contributed by atoms with van der Waals surface area (Å²) in [5.41, 5.74) is 0. The maximum atomic E-state index is 10.4. The lowest BCUT2D eigenvalue weighted by atomic mass is 10.4. The Morgan fingerprint density at radius 1 is 1.10 bits per heavy atom. The van der Waals surface area contributed by atoms with Gasteiger partial charge in [-0.15, -0.1) is 23.2 Å². The molecular weight excluding hydrogens is 179 g/mol. The molecule has 0 atom stereocenters. The first-order valence-corrected chi connectivity index (χ1v) is 3.58. The highest BCUT2D eigenvalue weighted by Crippen LogP contribution is 2.11. The van der Waals surface area contributed by atoms with Crippen LogP contribution < -0.4 is 5.82 Å². The molecule has 0 aliphatic rings. The van der Waals surface area contributed by atoms with Crippen molar-refractivity contribution < 1.29 is 8.83 Å². The SMILES string of the molecule is O=c1oc(CCl)c(CCl)o1. The standard InChI is InChI=1S/C5H4Cl2O3/c6-1-3-4(2-7)10-5(8)9-3/h1-2H2. The van der Waals surface area contributed by atoms with Crippen molar-refractivity contribution in [3.63, 3.8) is 0 Å². The molecule has 0 saturated heterocycles. The quantitative estimate of drug-likeness (QED) is 0.655. The molecule has 1 heterocycles. The van der Waals surface area contributed by atoms with Crippen LogP contribution in [0.1, 0.15) is 11.5 Å². The van der Waals surface area contributed by atoms with E-state index in [4.69, 9.17) is 23.2 Å². The van der Waals surface area contributed by atoms with E-state index in [1.165, 1.54) is 0 Å². The first kappa shape index (κ1) is 7.69. The van der Waals surface area contributed by atoms with Gasteiger partial charge >= 0.3 is 5.82 Å². The van der Waals surface area contributed by atoms with Gasteiger partial charge < -0.3 is 8.83 Å². The summed E-state index contributed by atoms with van der Waals surface area (Å²) in [6, 6.07) is 0. The van der Waals surface area contributed by atoms with Crippen LogP contribution in [0, 0.1) is 0 Å². The first-order valence-electron chi connectivity index (χ1n) is 2.51. The zero-order chi connectivity index (χ0) is 7.56. The van der Waals surface area contributed by atoms with Gasteiger partial charge in [-0.2, -0.15) is 0 Å². The van der Waals surface area contributed by atoms with E-state index in [-0.39, 0.29) is 11.8 Å². The second kappa shape index (κ2) is 3.12. The Hall–Kier alpha value is -0.410. The Balaban J connectivity index is 3.08. The van der Waals surface area contributed by atoms with Crippen LogP contribution in [0.4, 0.5) is 0 Å². The molecule has 1 aromatic rings. The largest absolute Gasteiger partial charge is 0.519 e. The summed E-state index contributed by atoms with van der Waals surface area (Å²) in [6.45, 7) is 0. The normalized spacial score (nSPS) is 10.2. The molecule has 5 heteroatoms. The van der Waals surface area contributed by atoms with Crippen molar-refractivity contribution in [3.05, 3.63) is 22.1 Å². The van der Waals surface area contributed by atoms with Crippen LogP contribution in [0.2, 0.25) is 0 Å². The maximum Gasteiger partial charge on any atom is 0.519 e. The Morgan fingerprint density at radius 2 is 1.50 bits per heavy atom. The summed E-state index contributed by atoms with van der Waals surface area (Å²) >= 11 is 10.7. The molecule has 0 aromatic carbocycles. The fourth-order valence-electron chi connectivity index (χ4n) is 0.539. The van der Waals surface area contributed by atoms with Gasteiger partial charge in [-0.3, -0.25) is 0 Å². The summed E-state index contributed by atoms with van der Waals surface area (Å²) in [5, 5.41) is 0. The van der Waals surface area contributed by atoms with Gasteiger partial charge in [0.1, 0.15) is 0 Å². The van der Waals surface area contributed by atoms with Crippen molar-refractivity contribution >= 4 is 23.2 Å². The molecule has 3 nitrogen and oxygen atoms in total. The van der Waals surface area contributed by atoms with Crippen molar-refractivity contribution in [1.82, 2.24) is 0 Å². The Morgan fingerprint density at radius 3 is 1.80 bits per heavy atom. The van der Waals surface area contributed by atoms with Crippen LogP contribution in [0.25, 0.3) is 0 Å². The minimum Gasteiger partial charge on any atom is -0.394 e. The van der Waals surface area contributed by atoms with Crippen LogP contribution >= 0.6 is 23.2 Å². The van der Waals surface area contributed by atoms with E-state index in [2.05, 4.69) is 8.83 Å². The van der Waals surface area contributed by atoms with Crippen LogP contribution in [0.15, 0.2) is 13.6 Å². The molecule has 0 aliphatic heterocycles. The van der Waals surface area contributed by atoms with Crippen LogP contribution in [-0.2, 0) is 11.8 Å². The van der Waals surface area contributed by atoms with Crippen molar-refractivity contribution in [2.75, 3.05) is 0 Å². The van der Waals surface area contributed by atoms with Gasteiger partial charge in [0, 0.05) is 0 Å². The van der Waals surface area contributed by atoms with E-state index >= 15 is 0 Å². The fourth-order valence-corrected chi connectivity index (χ4v) is 0.947. The molecule has 0 bridgehead atoms. The molecule has 1 aromatic heterocycles. The Kier molecular flexibility index (Phi) is 2.40. The zero-order valence-corrected chi connectivity index (χ0v) is 6.41. The minimum atomic E-state index is -0.758. The van der Waals surface area contributed by atoms with E-state index in [9.17, 15) is 4.79 Å². The number of halogens is 2. The summed E-state index contributed by atoms with van der Waals surface area (Å²) in [4.78, 5) is 10.4. The molecule has 0 radical (unpaired) electrons. The third kappa shape index (κ3) is 1.36. The number of rotatable bonds is 2. The fraction of sp³-hybridized carbons (Fsp3) is 0.400. The highest BCUT2D eigenvalue weighted by atomic mass is 35.5. The molecule has 0 amide bonds. The second-order valence-electron chi connectivity index (χ2n) is 1.57. The van der Waals surface area contributed by atoms with Crippen LogP contribution in [0.3, 0.4) is 0 Å². The predicted octanol–water partition coefficient (Wildman–Crippen LogP) is 1.71. The predicted molar refractivity (Wildman–Crippen MR) is 36.4 cm³/mol. The third-order valence-corrected chi connectivity index (χ3v) is 1.45. The highest BCUT2D eigenvalue weighted by Gasteiger charge is 2.09. The van der Waals surface area contributed by atoms with Crippen molar-refractivity contribution in [2.45, 2.75) is 11.8 Å². The average molecular weight is 183 g/mol. The number of hydrogen-bond acceptors (Lipinski definition) is 3. The van der Waals surface area contributed by atoms with E-state index in [0.29, 0.717) is 11.5 Å². The molecule has 56 valence electrons. The summed E-state index contributed by atoms with van der Waals surface area (Å²) in [7, 11) is 0. The lowest BCUT2D eigenvalue weighted by Gasteiger charge is -1.85. The van der Waals surface area contributed by atoms with Gasteiger partial charge in [0.15, 0.2) is 11.5 Å². The molecule has 0 unspecified atom stereocenters. The van der Waals surface area contributed by atoms with Gasteiger partial charge in [-0.05, 0) is 0 Å². The van der Waals surface area contributed by atoms with E-state index in [1.807, 2.05) is 0 Å². The van der Waals surface area contributed by atoms with Gasteiger partial charge in [0.2, 0.25) is 0 Å². The van der Waals surface area contributed by atoms with Crippen molar-refractivity contribution in [1.29, 1.82) is 0 Å². The van der Waals surface area contributed by atoms with Crippen LogP contribution in [-0.4, -0.2) is 0 Å². The summed E-state index contributed by atoms with van der Waals surface area (Å²) in [6.07, 6.45) is 0. The van der Waals surface area contributed by atoms with Gasteiger partial charge in [0.05, 0.1) is 11.8 Å². The Bertz CT molecular complexity index is 238. The third-order valence-electron chi connectivity index (χ3n) is 0.967. The molecule has 1 rings (SSSR count). The van der Waals surface area contributed by atoms with Crippen molar-refractivity contribution in [2.24, 2.45) is 0 Å². The highest BCUT2D eigenvalue weighted by molar-refractivity contribution is 6.18. The molecule has 0 fully saturated rings. The lowest BCUT2D eigenvalue weighted by molar-refractivity contribution is 0.371. The number of alkyl halides is 2. The minimum absolute atomic E-state index is 0.105. The summed E-state index contributed by atoms with van der Waals surface area (Å²) < 4.78 is 9.03. The first-order chi connectivity index (χ1) is 4.77. The number of hydrogen-bond donors (Lipinski definition) is 0. The molecule has 0 spiro atoms. The van der Waals surface area contributed by atoms with Gasteiger partial charge in [0.25, 0.3) is 0 Å². The molecular formula is C5H4Cl2O3. The zero-order valence-electron chi connectivity index (χ0n) is 4.89. The molecule has 10 heavy (non-hydrogen) atoms. The molecule has 0 N–H and O–H groups in total. The lowest BCUT2D eigenvalue weighted by Crippen LogP contribution is -1.85. The summed E-state index contributed by atoms with van der Waals surface area (Å²) in [5.74, 6) is 0.0660. The second-order valence-corrected chi connectivity index (χ2v) is 2.10. The van der Waals surface area contributed by atoms with Crippen LogP contribution in [0.5, 0.6) is 0 Å². The molecule has 0 aliphatic carbocycles. The monoisotopic (exact) mass is 182 g/mol. The van der Waals surface area contributed by atoms with Gasteiger partial charge in [-0.1, -0.05) is 0 Å². The van der Waals surface area contributed by atoms with E-state index in [1.54, 1.807) is 0 Å².